The minimum atomic E-state index is -1.07. The van der Waals surface area contributed by atoms with Gasteiger partial charge in [-0.3, -0.25) is 4.98 Å². The van der Waals surface area contributed by atoms with Crippen LogP contribution in [0.25, 0.3) is 0 Å². The second-order valence-corrected chi connectivity index (χ2v) is 5.25. The Morgan fingerprint density at radius 3 is 2.42 bits per heavy atom. The molecule has 1 aromatic carbocycles. The highest BCUT2D eigenvalue weighted by atomic mass is 32.2. The number of carboxylic acids is 1. The fraction of sp³-hybridized carbons (Fsp3) is 0.143. The molecular weight excluding hydrogens is 265 g/mol. The highest BCUT2D eigenvalue weighted by Gasteiger charge is 2.10. The van der Waals surface area contributed by atoms with Gasteiger partial charge in [0.15, 0.2) is 0 Å². The van der Waals surface area contributed by atoms with E-state index in [0.717, 1.165) is 16.3 Å². The number of carbonyl (C=O) groups is 1. The SMILES string of the molecule is Cc1cc(Sc2cc(C(=O)O)ccc2F)cc(C)n1. The summed E-state index contributed by atoms with van der Waals surface area (Å²) in [4.78, 5) is 16.3. The number of aryl methyl sites for hydroxylation is 2. The molecule has 1 heterocycles. The number of halogens is 1. The number of rotatable bonds is 3. The summed E-state index contributed by atoms with van der Waals surface area (Å²) in [7, 11) is 0. The second-order valence-electron chi connectivity index (χ2n) is 4.14. The molecular formula is C14H12FNO2S. The molecule has 2 rings (SSSR count). The predicted molar refractivity (Wildman–Crippen MR) is 71.2 cm³/mol. The normalized spacial score (nSPS) is 10.5. The smallest absolute Gasteiger partial charge is 0.335 e. The summed E-state index contributed by atoms with van der Waals surface area (Å²) in [5, 5.41) is 8.91. The van der Waals surface area contributed by atoms with E-state index in [0.29, 0.717) is 4.90 Å². The minimum absolute atomic E-state index is 0.0754. The van der Waals surface area contributed by atoms with Gasteiger partial charge >= 0.3 is 5.97 Å². The molecule has 2 aromatic rings. The lowest BCUT2D eigenvalue weighted by molar-refractivity contribution is 0.0696. The van der Waals surface area contributed by atoms with E-state index in [1.165, 1.54) is 30.0 Å². The van der Waals surface area contributed by atoms with Crippen molar-refractivity contribution in [2.75, 3.05) is 0 Å². The van der Waals surface area contributed by atoms with E-state index in [4.69, 9.17) is 5.11 Å². The lowest BCUT2D eigenvalue weighted by Crippen LogP contribution is -1.97. The predicted octanol–water partition coefficient (Wildman–Crippen LogP) is 3.69. The Bertz CT molecular complexity index is 623. The first-order valence-electron chi connectivity index (χ1n) is 5.61. The molecule has 0 radical (unpaired) electrons. The van der Waals surface area contributed by atoms with Crippen molar-refractivity contribution in [2.45, 2.75) is 23.6 Å². The number of hydrogen-bond donors (Lipinski definition) is 1. The van der Waals surface area contributed by atoms with Crippen molar-refractivity contribution in [2.24, 2.45) is 0 Å². The molecule has 0 saturated heterocycles. The van der Waals surface area contributed by atoms with Gasteiger partial charge in [0.2, 0.25) is 0 Å². The van der Waals surface area contributed by atoms with E-state index >= 15 is 0 Å². The quantitative estimate of drug-likeness (QED) is 0.929. The van der Waals surface area contributed by atoms with E-state index in [1.807, 2.05) is 26.0 Å². The molecule has 98 valence electrons. The Kier molecular flexibility index (Phi) is 3.85. The molecule has 0 bridgehead atoms. The van der Waals surface area contributed by atoms with Gasteiger partial charge in [-0.1, -0.05) is 11.8 Å². The van der Waals surface area contributed by atoms with E-state index in [9.17, 15) is 9.18 Å². The Balaban J connectivity index is 2.37. The molecule has 0 saturated carbocycles. The standard InChI is InChI=1S/C14H12FNO2S/c1-8-5-11(6-9(2)16-8)19-13-7-10(14(17)18)3-4-12(13)15/h3-7H,1-2H3,(H,17,18). The lowest BCUT2D eigenvalue weighted by Gasteiger charge is -2.06. The van der Waals surface area contributed by atoms with Crippen LogP contribution in [0, 0.1) is 19.7 Å². The highest BCUT2D eigenvalue weighted by molar-refractivity contribution is 7.99. The van der Waals surface area contributed by atoms with E-state index in [2.05, 4.69) is 4.98 Å². The van der Waals surface area contributed by atoms with Gasteiger partial charge in [0.05, 0.1) is 5.56 Å². The zero-order valence-corrected chi connectivity index (χ0v) is 11.3. The van der Waals surface area contributed by atoms with Crippen molar-refractivity contribution in [3.8, 4) is 0 Å². The van der Waals surface area contributed by atoms with Gasteiger partial charge in [0, 0.05) is 21.2 Å². The number of carboxylic acid groups (broad SMARTS) is 1. The van der Waals surface area contributed by atoms with Gasteiger partial charge in [-0.2, -0.15) is 0 Å². The Hall–Kier alpha value is -1.88. The van der Waals surface area contributed by atoms with Crippen LogP contribution in [-0.4, -0.2) is 16.1 Å². The van der Waals surface area contributed by atoms with Crippen LogP contribution in [0.1, 0.15) is 21.7 Å². The number of benzene rings is 1. The molecule has 19 heavy (non-hydrogen) atoms. The van der Waals surface area contributed by atoms with Crippen LogP contribution >= 0.6 is 11.8 Å². The summed E-state index contributed by atoms with van der Waals surface area (Å²) in [5.74, 6) is -1.49. The summed E-state index contributed by atoms with van der Waals surface area (Å²) >= 11 is 1.20. The summed E-state index contributed by atoms with van der Waals surface area (Å²) in [6.45, 7) is 3.72. The number of aromatic nitrogens is 1. The van der Waals surface area contributed by atoms with E-state index in [-0.39, 0.29) is 5.56 Å². The topological polar surface area (TPSA) is 50.2 Å². The molecule has 0 spiro atoms. The van der Waals surface area contributed by atoms with Crippen LogP contribution in [0.2, 0.25) is 0 Å². The highest BCUT2D eigenvalue weighted by Crippen LogP contribution is 2.31. The minimum Gasteiger partial charge on any atom is -0.478 e. The van der Waals surface area contributed by atoms with Gasteiger partial charge in [-0.15, -0.1) is 0 Å². The summed E-state index contributed by atoms with van der Waals surface area (Å²) in [5.41, 5.74) is 1.76. The monoisotopic (exact) mass is 277 g/mol. The number of aromatic carboxylic acids is 1. The molecule has 1 aromatic heterocycles. The Morgan fingerprint density at radius 1 is 1.21 bits per heavy atom. The van der Waals surface area contributed by atoms with Crippen molar-refractivity contribution in [1.82, 2.24) is 4.98 Å². The van der Waals surface area contributed by atoms with Crippen LogP contribution in [0.15, 0.2) is 40.1 Å². The van der Waals surface area contributed by atoms with Gasteiger partial charge in [0.1, 0.15) is 5.82 Å². The third-order valence-electron chi connectivity index (χ3n) is 2.46. The van der Waals surface area contributed by atoms with Crippen LogP contribution in [0.3, 0.4) is 0 Å². The van der Waals surface area contributed by atoms with Gasteiger partial charge < -0.3 is 5.11 Å². The van der Waals surface area contributed by atoms with Crippen molar-refractivity contribution >= 4 is 17.7 Å². The summed E-state index contributed by atoms with van der Waals surface area (Å²) in [6, 6.07) is 7.44. The molecule has 0 fully saturated rings. The third kappa shape index (κ3) is 3.32. The average molecular weight is 277 g/mol. The van der Waals surface area contributed by atoms with Crippen molar-refractivity contribution < 1.29 is 14.3 Å². The average Bonchev–Trinajstić information content (AvgIpc) is 2.30. The molecule has 0 aliphatic heterocycles. The maximum absolute atomic E-state index is 13.7. The van der Waals surface area contributed by atoms with E-state index in [1.54, 1.807) is 0 Å². The molecule has 3 nitrogen and oxygen atoms in total. The number of pyridine rings is 1. The zero-order valence-electron chi connectivity index (χ0n) is 10.5. The summed E-state index contributed by atoms with van der Waals surface area (Å²) < 4.78 is 13.7. The largest absolute Gasteiger partial charge is 0.478 e. The molecule has 1 N–H and O–H groups in total. The van der Waals surface area contributed by atoms with Gasteiger partial charge in [-0.05, 0) is 44.2 Å². The summed E-state index contributed by atoms with van der Waals surface area (Å²) in [6.07, 6.45) is 0. The van der Waals surface area contributed by atoms with Crippen LogP contribution in [-0.2, 0) is 0 Å². The third-order valence-corrected chi connectivity index (χ3v) is 3.47. The zero-order chi connectivity index (χ0) is 14.0. The van der Waals surface area contributed by atoms with Crippen LogP contribution in [0.4, 0.5) is 4.39 Å². The Labute approximate surface area is 114 Å². The first-order chi connectivity index (χ1) is 8.95. The number of nitrogens with zero attached hydrogens (tertiary/aromatic N) is 1. The number of hydrogen-bond acceptors (Lipinski definition) is 3. The fourth-order valence-electron chi connectivity index (χ4n) is 1.70. The van der Waals surface area contributed by atoms with Crippen molar-refractivity contribution in [3.63, 3.8) is 0 Å². The van der Waals surface area contributed by atoms with Gasteiger partial charge in [0.25, 0.3) is 0 Å². The van der Waals surface area contributed by atoms with E-state index < -0.39 is 11.8 Å². The van der Waals surface area contributed by atoms with Crippen LogP contribution < -0.4 is 0 Å². The molecule has 0 amide bonds. The van der Waals surface area contributed by atoms with Crippen molar-refractivity contribution in [3.05, 3.63) is 53.1 Å². The molecule has 0 unspecified atom stereocenters. The van der Waals surface area contributed by atoms with Crippen molar-refractivity contribution in [1.29, 1.82) is 0 Å². The van der Waals surface area contributed by atoms with Crippen LogP contribution in [0.5, 0.6) is 0 Å². The maximum Gasteiger partial charge on any atom is 0.335 e. The first kappa shape index (κ1) is 13.5. The van der Waals surface area contributed by atoms with Gasteiger partial charge in [-0.25, -0.2) is 9.18 Å². The first-order valence-corrected chi connectivity index (χ1v) is 6.43. The second kappa shape index (κ2) is 5.40. The Morgan fingerprint density at radius 2 is 1.84 bits per heavy atom. The molecule has 5 heteroatoms. The molecule has 0 atom stereocenters. The molecule has 0 aliphatic rings. The molecule has 0 aliphatic carbocycles. The maximum atomic E-state index is 13.7. The fourth-order valence-corrected chi connectivity index (χ4v) is 2.76. The lowest BCUT2D eigenvalue weighted by atomic mass is 10.2.